The molecule has 0 aliphatic heterocycles. The number of imidazole rings is 1. The summed E-state index contributed by atoms with van der Waals surface area (Å²) in [4.78, 5) is 16.2. The van der Waals surface area contributed by atoms with Gasteiger partial charge in [-0.1, -0.05) is 6.92 Å². The van der Waals surface area contributed by atoms with Gasteiger partial charge < -0.3 is 9.30 Å². The highest BCUT2D eigenvalue weighted by Crippen LogP contribution is 2.12. The minimum Gasteiger partial charge on any atom is -0.371 e. The average Bonchev–Trinajstić information content (AvgIpc) is 2.66. The number of hydrogen-bond acceptors (Lipinski definition) is 3. The fourth-order valence-corrected chi connectivity index (χ4v) is 1.42. The number of aryl methyl sites for hydroxylation is 1. The van der Waals surface area contributed by atoms with Crippen molar-refractivity contribution in [3.63, 3.8) is 0 Å². The third-order valence-corrected chi connectivity index (χ3v) is 2.77. The molecular formula is C12H20N2O2. The van der Waals surface area contributed by atoms with E-state index in [2.05, 4.69) is 11.9 Å². The molecule has 0 aromatic carbocycles. The number of Topliss-reactive ketones (excluding diaryl/α,β-unsaturated/α-hetero) is 1. The standard InChI is InChI=1S/C12H20N2O2/c1-5-7-14-8-6-13-11(14)9-10(15)12(2,3)16-4/h6,8H,5,7,9H2,1-4H3. The summed E-state index contributed by atoms with van der Waals surface area (Å²) in [5.41, 5.74) is -0.733. The monoisotopic (exact) mass is 224 g/mol. The maximum Gasteiger partial charge on any atom is 0.171 e. The van der Waals surface area contributed by atoms with Crippen LogP contribution >= 0.6 is 0 Å². The molecule has 0 fully saturated rings. The molecule has 0 amide bonds. The van der Waals surface area contributed by atoms with Gasteiger partial charge >= 0.3 is 0 Å². The van der Waals surface area contributed by atoms with Crippen molar-refractivity contribution in [1.29, 1.82) is 0 Å². The van der Waals surface area contributed by atoms with Gasteiger partial charge in [0.25, 0.3) is 0 Å². The summed E-state index contributed by atoms with van der Waals surface area (Å²) in [6.45, 7) is 6.56. The van der Waals surface area contributed by atoms with Gasteiger partial charge in [-0.05, 0) is 20.3 Å². The Bertz CT molecular complexity index is 356. The van der Waals surface area contributed by atoms with Crippen LogP contribution in [0.1, 0.15) is 33.0 Å². The Morgan fingerprint density at radius 3 is 2.81 bits per heavy atom. The molecule has 16 heavy (non-hydrogen) atoms. The van der Waals surface area contributed by atoms with Crippen molar-refractivity contribution in [3.8, 4) is 0 Å². The molecule has 1 aromatic rings. The van der Waals surface area contributed by atoms with Crippen molar-refractivity contribution in [2.75, 3.05) is 7.11 Å². The number of ketones is 1. The first-order valence-electron chi connectivity index (χ1n) is 5.59. The topological polar surface area (TPSA) is 44.1 Å². The number of methoxy groups -OCH3 is 1. The predicted octanol–water partition coefficient (Wildman–Crippen LogP) is 1.83. The molecule has 0 bridgehead atoms. The minimum atomic E-state index is -0.733. The van der Waals surface area contributed by atoms with Gasteiger partial charge in [0.2, 0.25) is 0 Å². The highest BCUT2D eigenvalue weighted by Gasteiger charge is 2.27. The molecular weight excluding hydrogens is 204 g/mol. The highest BCUT2D eigenvalue weighted by atomic mass is 16.5. The zero-order chi connectivity index (χ0) is 12.2. The Balaban J connectivity index is 2.73. The van der Waals surface area contributed by atoms with E-state index < -0.39 is 5.60 Å². The summed E-state index contributed by atoms with van der Waals surface area (Å²) in [5, 5.41) is 0. The second-order valence-corrected chi connectivity index (χ2v) is 4.35. The van der Waals surface area contributed by atoms with E-state index in [0.717, 1.165) is 18.8 Å². The number of rotatable bonds is 6. The van der Waals surface area contributed by atoms with Crippen molar-refractivity contribution in [2.45, 2.75) is 45.8 Å². The van der Waals surface area contributed by atoms with Gasteiger partial charge in [0, 0.05) is 26.0 Å². The van der Waals surface area contributed by atoms with Crippen molar-refractivity contribution >= 4 is 5.78 Å². The van der Waals surface area contributed by atoms with Crippen LogP contribution in [0.25, 0.3) is 0 Å². The van der Waals surface area contributed by atoms with Crippen LogP contribution in [0.15, 0.2) is 12.4 Å². The zero-order valence-electron chi connectivity index (χ0n) is 10.5. The van der Waals surface area contributed by atoms with Gasteiger partial charge in [0.05, 0.1) is 6.42 Å². The van der Waals surface area contributed by atoms with E-state index in [1.165, 1.54) is 0 Å². The molecule has 1 rings (SSSR count). The van der Waals surface area contributed by atoms with E-state index in [-0.39, 0.29) is 5.78 Å². The average molecular weight is 224 g/mol. The van der Waals surface area contributed by atoms with Crippen LogP contribution in [-0.2, 0) is 22.5 Å². The van der Waals surface area contributed by atoms with E-state index in [4.69, 9.17) is 4.74 Å². The van der Waals surface area contributed by atoms with E-state index >= 15 is 0 Å². The molecule has 1 heterocycles. The first kappa shape index (κ1) is 12.9. The summed E-state index contributed by atoms with van der Waals surface area (Å²) in [5.74, 6) is 0.871. The molecule has 0 radical (unpaired) electrons. The van der Waals surface area contributed by atoms with E-state index in [9.17, 15) is 4.79 Å². The molecule has 1 aromatic heterocycles. The third kappa shape index (κ3) is 2.92. The second-order valence-electron chi connectivity index (χ2n) is 4.35. The van der Waals surface area contributed by atoms with E-state index in [1.54, 1.807) is 27.2 Å². The van der Waals surface area contributed by atoms with Gasteiger partial charge in [-0.3, -0.25) is 4.79 Å². The van der Waals surface area contributed by atoms with Crippen molar-refractivity contribution in [2.24, 2.45) is 0 Å². The Kier molecular flexibility index (Phi) is 4.24. The molecule has 0 aliphatic rings. The molecule has 4 nitrogen and oxygen atoms in total. The maximum atomic E-state index is 11.9. The predicted molar refractivity (Wildman–Crippen MR) is 62.3 cm³/mol. The Hall–Kier alpha value is -1.16. The van der Waals surface area contributed by atoms with Gasteiger partial charge in [-0.15, -0.1) is 0 Å². The summed E-state index contributed by atoms with van der Waals surface area (Å²) in [7, 11) is 1.55. The van der Waals surface area contributed by atoms with Crippen LogP contribution in [0.4, 0.5) is 0 Å². The number of ether oxygens (including phenoxy) is 1. The van der Waals surface area contributed by atoms with Crippen molar-refractivity contribution < 1.29 is 9.53 Å². The minimum absolute atomic E-state index is 0.0542. The van der Waals surface area contributed by atoms with Gasteiger partial charge in [0.15, 0.2) is 5.78 Å². The number of carbonyl (C=O) groups excluding carboxylic acids is 1. The van der Waals surface area contributed by atoms with Crippen LogP contribution in [-0.4, -0.2) is 28.0 Å². The summed E-state index contributed by atoms with van der Waals surface area (Å²) in [6, 6.07) is 0. The third-order valence-electron chi connectivity index (χ3n) is 2.77. The highest BCUT2D eigenvalue weighted by molar-refractivity contribution is 5.87. The Labute approximate surface area is 96.6 Å². The molecule has 0 saturated carbocycles. The molecule has 0 unspecified atom stereocenters. The second kappa shape index (κ2) is 5.25. The number of carbonyl (C=O) groups is 1. The Morgan fingerprint density at radius 2 is 2.25 bits per heavy atom. The quantitative estimate of drug-likeness (QED) is 0.740. The number of aromatic nitrogens is 2. The van der Waals surface area contributed by atoms with Crippen molar-refractivity contribution in [3.05, 3.63) is 18.2 Å². The smallest absolute Gasteiger partial charge is 0.171 e. The van der Waals surface area contributed by atoms with E-state index in [0.29, 0.717) is 6.42 Å². The largest absolute Gasteiger partial charge is 0.371 e. The lowest BCUT2D eigenvalue weighted by atomic mass is 10.0. The van der Waals surface area contributed by atoms with Gasteiger partial charge in [-0.25, -0.2) is 4.98 Å². The summed E-state index contributed by atoms with van der Waals surface area (Å²) in [6.07, 6.45) is 5.00. The van der Waals surface area contributed by atoms with Crippen LogP contribution in [0.2, 0.25) is 0 Å². The molecule has 90 valence electrons. The van der Waals surface area contributed by atoms with Crippen LogP contribution in [0.3, 0.4) is 0 Å². The first-order valence-corrected chi connectivity index (χ1v) is 5.59. The fourth-order valence-electron chi connectivity index (χ4n) is 1.42. The number of nitrogens with zero attached hydrogens (tertiary/aromatic N) is 2. The lowest BCUT2D eigenvalue weighted by molar-refractivity contribution is -0.136. The normalized spacial score (nSPS) is 11.8. The molecule has 0 aliphatic carbocycles. The van der Waals surface area contributed by atoms with Crippen molar-refractivity contribution in [1.82, 2.24) is 9.55 Å². The number of hydrogen-bond donors (Lipinski definition) is 0. The van der Waals surface area contributed by atoms with Crippen LogP contribution in [0, 0.1) is 0 Å². The molecule has 4 heteroatoms. The molecule has 0 atom stereocenters. The lowest BCUT2D eigenvalue weighted by Crippen LogP contribution is -2.35. The lowest BCUT2D eigenvalue weighted by Gasteiger charge is -2.21. The molecule has 0 spiro atoms. The maximum absolute atomic E-state index is 11.9. The van der Waals surface area contributed by atoms with Crippen LogP contribution < -0.4 is 0 Å². The van der Waals surface area contributed by atoms with Crippen LogP contribution in [0.5, 0.6) is 0 Å². The zero-order valence-corrected chi connectivity index (χ0v) is 10.5. The SMILES string of the molecule is CCCn1ccnc1CC(=O)C(C)(C)OC. The van der Waals surface area contributed by atoms with Gasteiger partial charge in [0.1, 0.15) is 11.4 Å². The summed E-state index contributed by atoms with van der Waals surface area (Å²) >= 11 is 0. The first-order chi connectivity index (χ1) is 7.51. The Morgan fingerprint density at radius 1 is 1.56 bits per heavy atom. The fraction of sp³-hybridized carbons (Fsp3) is 0.667. The summed E-state index contributed by atoms with van der Waals surface area (Å²) < 4.78 is 7.18. The molecule has 0 N–H and O–H groups in total. The van der Waals surface area contributed by atoms with Gasteiger partial charge in [-0.2, -0.15) is 0 Å². The molecule has 0 saturated heterocycles. The van der Waals surface area contributed by atoms with E-state index in [1.807, 2.05) is 10.8 Å².